The number of cyclic esters (lactones) is 1. The van der Waals surface area contributed by atoms with Crippen LogP contribution in [0.3, 0.4) is 0 Å². The number of ether oxygens (including phenoxy) is 1. The van der Waals surface area contributed by atoms with Crippen molar-refractivity contribution >= 4 is 11.9 Å². The maximum Gasteiger partial charge on any atom is 0.323 e. The molecule has 118 valence electrons. The minimum atomic E-state index is -0.0516. The van der Waals surface area contributed by atoms with E-state index < -0.39 is 0 Å². The second-order valence-corrected chi connectivity index (χ2v) is 6.51. The molecule has 3 aliphatic rings. The highest BCUT2D eigenvalue weighted by Crippen LogP contribution is 2.27. The first-order valence-electron chi connectivity index (χ1n) is 7.96. The first kappa shape index (κ1) is 14.8. The number of likely N-dealkylation sites (tertiary alicyclic amines) is 1. The number of rotatable bonds is 2. The van der Waals surface area contributed by atoms with Crippen LogP contribution < -0.4 is 0 Å². The van der Waals surface area contributed by atoms with Crippen molar-refractivity contribution in [1.82, 2.24) is 14.7 Å². The van der Waals surface area contributed by atoms with Crippen LogP contribution in [0, 0.1) is 5.92 Å². The highest BCUT2D eigenvalue weighted by atomic mass is 16.5. The van der Waals surface area contributed by atoms with Crippen LogP contribution in [0.4, 0.5) is 0 Å². The van der Waals surface area contributed by atoms with Gasteiger partial charge < -0.3 is 9.64 Å². The first-order valence-corrected chi connectivity index (χ1v) is 7.96. The number of piperazine rings is 1. The Morgan fingerprint density at radius 1 is 1.14 bits per heavy atom. The number of hydrogen-bond donors (Lipinski definition) is 0. The van der Waals surface area contributed by atoms with Gasteiger partial charge in [-0.05, 0) is 5.92 Å². The van der Waals surface area contributed by atoms with Gasteiger partial charge in [0.15, 0.2) is 0 Å². The van der Waals surface area contributed by atoms with E-state index in [1.54, 1.807) is 6.92 Å². The van der Waals surface area contributed by atoms with Gasteiger partial charge in [0.1, 0.15) is 6.04 Å². The summed E-state index contributed by atoms with van der Waals surface area (Å²) in [4.78, 5) is 29.9. The fourth-order valence-electron chi connectivity index (χ4n) is 3.90. The molecule has 21 heavy (non-hydrogen) atoms. The smallest absolute Gasteiger partial charge is 0.323 e. The lowest BCUT2D eigenvalue weighted by Crippen LogP contribution is -2.53. The SMILES string of the molecule is CC(=O)N1CCN([C@@H]2CN([C@@H]3CCOC3=O)C[C@@H]2C)CC1. The maximum absolute atomic E-state index is 11.7. The molecule has 0 N–H and O–H groups in total. The summed E-state index contributed by atoms with van der Waals surface area (Å²) in [6.45, 7) is 9.92. The zero-order valence-electron chi connectivity index (χ0n) is 13.0. The molecule has 0 aromatic heterocycles. The fourth-order valence-corrected chi connectivity index (χ4v) is 3.90. The summed E-state index contributed by atoms with van der Waals surface area (Å²) in [7, 11) is 0. The summed E-state index contributed by atoms with van der Waals surface area (Å²) in [6.07, 6.45) is 0.830. The van der Waals surface area contributed by atoms with E-state index in [9.17, 15) is 9.59 Å². The Labute approximate surface area is 126 Å². The van der Waals surface area contributed by atoms with Crippen LogP contribution in [0.5, 0.6) is 0 Å². The molecule has 3 aliphatic heterocycles. The van der Waals surface area contributed by atoms with E-state index in [4.69, 9.17) is 4.74 Å². The fraction of sp³-hybridized carbons (Fsp3) is 0.867. The molecule has 0 spiro atoms. The summed E-state index contributed by atoms with van der Waals surface area (Å²) in [6, 6.07) is 0.462. The zero-order chi connectivity index (χ0) is 15.0. The molecule has 6 heteroatoms. The topological polar surface area (TPSA) is 53.1 Å². The number of nitrogens with zero attached hydrogens (tertiary/aromatic N) is 3. The number of hydrogen-bond acceptors (Lipinski definition) is 5. The van der Waals surface area contributed by atoms with Gasteiger partial charge in [0.05, 0.1) is 6.61 Å². The Morgan fingerprint density at radius 3 is 2.43 bits per heavy atom. The molecule has 6 nitrogen and oxygen atoms in total. The van der Waals surface area contributed by atoms with Crippen LogP contribution in [-0.2, 0) is 14.3 Å². The molecule has 3 rings (SSSR count). The first-order chi connectivity index (χ1) is 10.1. The van der Waals surface area contributed by atoms with Crippen LogP contribution in [0.25, 0.3) is 0 Å². The molecule has 3 fully saturated rings. The van der Waals surface area contributed by atoms with Gasteiger partial charge in [-0.1, -0.05) is 6.92 Å². The second-order valence-electron chi connectivity index (χ2n) is 6.51. The van der Waals surface area contributed by atoms with Gasteiger partial charge in [-0.2, -0.15) is 0 Å². The lowest BCUT2D eigenvalue weighted by atomic mass is 10.0. The number of carbonyl (C=O) groups is 2. The van der Waals surface area contributed by atoms with E-state index in [1.807, 2.05) is 4.90 Å². The Bertz CT molecular complexity index is 420. The predicted molar refractivity (Wildman–Crippen MR) is 77.7 cm³/mol. The van der Waals surface area contributed by atoms with Crippen LogP contribution in [0.1, 0.15) is 20.3 Å². The van der Waals surface area contributed by atoms with Crippen molar-refractivity contribution in [1.29, 1.82) is 0 Å². The van der Waals surface area contributed by atoms with Gasteiger partial charge >= 0.3 is 5.97 Å². The zero-order valence-corrected chi connectivity index (χ0v) is 13.0. The Hall–Kier alpha value is -1.14. The molecule has 0 aromatic carbocycles. The summed E-state index contributed by atoms with van der Waals surface area (Å²) in [5, 5.41) is 0. The molecule has 3 heterocycles. The van der Waals surface area contributed by atoms with Crippen LogP contribution >= 0.6 is 0 Å². The van der Waals surface area contributed by atoms with Crippen molar-refractivity contribution in [3.05, 3.63) is 0 Å². The summed E-state index contributed by atoms with van der Waals surface area (Å²) >= 11 is 0. The Balaban J connectivity index is 1.57. The van der Waals surface area contributed by atoms with Gasteiger partial charge in [0.2, 0.25) is 5.91 Å². The molecule has 0 radical (unpaired) electrons. The van der Waals surface area contributed by atoms with Gasteiger partial charge in [-0.3, -0.25) is 19.4 Å². The average molecular weight is 295 g/mol. The number of amides is 1. The van der Waals surface area contributed by atoms with Crippen LogP contribution in [0.15, 0.2) is 0 Å². The minimum absolute atomic E-state index is 0.0315. The molecular formula is C15H25N3O3. The predicted octanol–water partition coefficient (Wildman–Crippen LogP) is -0.214. The van der Waals surface area contributed by atoms with Crippen LogP contribution in [-0.4, -0.2) is 84.5 Å². The van der Waals surface area contributed by atoms with E-state index in [0.717, 1.165) is 45.7 Å². The second kappa shape index (κ2) is 5.93. The normalized spacial score (nSPS) is 35.2. The third-order valence-electron chi connectivity index (χ3n) is 5.18. The molecule has 0 aromatic rings. The largest absolute Gasteiger partial charge is 0.464 e. The van der Waals surface area contributed by atoms with Gasteiger partial charge in [0.25, 0.3) is 0 Å². The summed E-state index contributed by atoms with van der Waals surface area (Å²) in [5.74, 6) is 0.677. The summed E-state index contributed by atoms with van der Waals surface area (Å²) < 4.78 is 5.10. The minimum Gasteiger partial charge on any atom is -0.464 e. The Kier molecular flexibility index (Phi) is 4.17. The highest BCUT2D eigenvalue weighted by Gasteiger charge is 2.42. The number of carbonyl (C=O) groups excluding carboxylic acids is 2. The maximum atomic E-state index is 11.7. The van der Waals surface area contributed by atoms with E-state index in [2.05, 4.69) is 16.7 Å². The highest BCUT2D eigenvalue weighted by molar-refractivity contribution is 5.77. The van der Waals surface area contributed by atoms with Crippen LogP contribution in [0.2, 0.25) is 0 Å². The van der Waals surface area contributed by atoms with Crippen molar-refractivity contribution in [3.63, 3.8) is 0 Å². The van der Waals surface area contributed by atoms with E-state index in [1.165, 1.54) is 0 Å². The summed E-state index contributed by atoms with van der Waals surface area (Å²) in [5.41, 5.74) is 0. The van der Waals surface area contributed by atoms with Gasteiger partial charge in [-0.15, -0.1) is 0 Å². The molecular weight excluding hydrogens is 270 g/mol. The molecule has 0 aliphatic carbocycles. The number of esters is 1. The van der Waals surface area contributed by atoms with E-state index in [-0.39, 0.29) is 17.9 Å². The van der Waals surface area contributed by atoms with Gasteiger partial charge in [0, 0.05) is 58.7 Å². The third-order valence-corrected chi connectivity index (χ3v) is 5.18. The molecule has 1 amide bonds. The van der Waals surface area contributed by atoms with E-state index >= 15 is 0 Å². The molecule has 3 saturated heterocycles. The molecule has 0 unspecified atom stereocenters. The van der Waals surface area contributed by atoms with Crippen molar-refractivity contribution in [3.8, 4) is 0 Å². The van der Waals surface area contributed by atoms with E-state index in [0.29, 0.717) is 18.6 Å². The van der Waals surface area contributed by atoms with Crippen molar-refractivity contribution in [2.45, 2.75) is 32.4 Å². The molecule has 0 bridgehead atoms. The Morgan fingerprint density at radius 2 is 1.86 bits per heavy atom. The average Bonchev–Trinajstić information content (AvgIpc) is 3.05. The van der Waals surface area contributed by atoms with Crippen molar-refractivity contribution < 1.29 is 14.3 Å². The monoisotopic (exact) mass is 295 g/mol. The molecule has 3 atom stereocenters. The molecule has 0 saturated carbocycles. The lowest BCUT2D eigenvalue weighted by Gasteiger charge is -2.39. The standard InChI is InChI=1S/C15H25N3O3/c1-11-9-18(13-3-8-21-15(13)20)10-14(11)17-6-4-16(5-7-17)12(2)19/h11,13-14H,3-10H2,1-2H3/t11-,13+,14+/m0/s1. The quantitative estimate of drug-likeness (QED) is 0.660. The van der Waals surface area contributed by atoms with Gasteiger partial charge in [-0.25, -0.2) is 0 Å². The van der Waals surface area contributed by atoms with Crippen molar-refractivity contribution in [2.24, 2.45) is 5.92 Å². The van der Waals surface area contributed by atoms with Crippen molar-refractivity contribution in [2.75, 3.05) is 45.9 Å². The third kappa shape index (κ3) is 2.92. The lowest BCUT2D eigenvalue weighted by molar-refractivity contribution is -0.142.